The Bertz CT molecular complexity index is 608. The van der Waals surface area contributed by atoms with Crippen molar-refractivity contribution in [1.29, 1.82) is 0 Å². The van der Waals surface area contributed by atoms with Crippen LogP contribution in [0.15, 0.2) is 29.3 Å². The minimum atomic E-state index is -0.0419. The van der Waals surface area contributed by atoms with Crippen molar-refractivity contribution in [3.05, 3.63) is 34.9 Å². The first-order valence-electron chi connectivity index (χ1n) is 7.73. The summed E-state index contributed by atoms with van der Waals surface area (Å²) in [4.78, 5) is 18.6. The van der Waals surface area contributed by atoms with E-state index in [-0.39, 0.29) is 16.7 Å². The van der Waals surface area contributed by atoms with Crippen molar-refractivity contribution >= 4 is 34.4 Å². The van der Waals surface area contributed by atoms with Crippen molar-refractivity contribution < 1.29 is 4.79 Å². The van der Waals surface area contributed by atoms with Gasteiger partial charge in [0.25, 0.3) is 5.91 Å². The summed E-state index contributed by atoms with van der Waals surface area (Å²) in [6.45, 7) is 4.15. The quantitative estimate of drug-likeness (QED) is 0.824. The van der Waals surface area contributed by atoms with Crippen LogP contribution >= 0.6 is 23.4 Å². The molecule has 1 fully saturated rings. The monoisotopic (exact) mass is 336 g/mol. The van der Waals surface area contributed by atoms with Crippen LogP contribution in [-0.4, -0.2) is 28.3 Å². The van der Waals surface area contributed by atoms with Crippen molar-refractivity contribution in [2.24, 2.45) is 10.9 Å². The molecule has 22 heavy (non-hydrogen) atoms. The molecule has 1 atom stereocenters. The first kappa shape index (κ1) is 15.9. The number of rotatable bonds is 3. The van der Waals surface area contributed by atoms with Crippen molar-refractivity contribution in [3.63, 3.8) is 0 Å². The van der Waals surface area contributed by atoms with Gasteiger partial charge in [-0.2, -0.15) is 4.99 Å². The van der Waals surface area contributed by atoms with Gasteiger partial charge >= 0.3 is 0 Å². The van der Waals surface area contributed by atoms with Gasteiger partial charge in [-0.3, -0.25) is 4.79 Å². The summed E-state index contributed by atoms with van der Waals surface area (Å²) in [5.74, 6) is 0.312. The number of nitrogens with zero attached hydrogens (tertiary/aromatic N) is 2. The smallest absolute Gasteiger partial charge is 0.261 e. The van der Waals surface area contributed by atoms with Crippen LogP contribution in [0.5, 0.6) is 0 Å². The Kier molecular flexibility index (Phi) is 4.25. The van der Waals surface area contributed by atoms with Gasteiger partial charge in [0.15, 0.2) is 5.17 Å². The molecule has 1 aliphatic carbocycles. The molecule has 3 nitrogen and oxygen atoms in total. The Labute approximate surface area is 141 Å². The molecular weight excluding hydrogens is 316 g/mol. The van der Waals surface area contributed by atoms with E-state index in [4.69, 9.17) is 11.6 Å². The molecule has 0 N–H and O–H groups in total. The van der Waals surface area contributed by atoms with Gasteiger partial charge in [0.2, 0.25) is 0 Å². The average molecular weight is 337 g/mol. The fourth-order valence-corrected chi connectivity index (χ4v) is 4.45. The lowest BCUT2D eigenvalue weighted by Gasteiger charge is -2.50. The molecule has 1 aromatic rings. The first-order chi connectivity index (χ1) is 10.4. The first-order valence-corrected chi connectivity index (χ1v) is 8.99. The third kappa shape index (κ3) is 2.56. The van der Waals surface area contributed by atoms with E-state index in [1.54, 1.807) is 11.8 Å². The number of amides is 1. The molecule has 1 aliphatic heterocycles. The van der Waals surface area contributed by atoms with Gasteiger partial charge in [0.05, 0.1) is 10.8 Å². The fraction of sp³-hybridized carbons (Fsp3) is 0.529. The molecule has 5 heteroatoms. The number of halogens is 1. The lowest BCUT2D eigenvalue weighted by molar-refractivity contribution is -0.117. The summed E-state index contributed by atoms with van der Waals surface area (Å²) in [5, 5.41) is 1.57. The zero-order chi connectivity index (χ0) is 15.9. The summed E-state index contributed by atoms with van der Waals surface area (Å²) in [6, 6.07) is 8.08. The van der Waals surface area contributed by atoms with Gasteiger partial charge in [0, 0.05) is 12.1 Å². The van der Waals surface area contributed by atoms with Crippen molar-refractivity contribution in [3.8, 4) is 0 Å². The summed E-state index contributed by atoms with van der Waals surface area (Å²) in [6.07, 6.45) is 3.38. The highest BCUT2D eigenvalue weighted by Gasteiger charge is 2.46. The van der Waals surface area contributed by atoms with Crippen molar-refractivity contribution in [2.45, 2.75) is 43.9 Å². The Morgan fingerprint density at radius 1 is 1.32 bits per heavy atom. The van der Waals surface area contributed by atoms with Crippen LogP contribution in [-0.2, 0) is 10.3 Å². The minimum absolute atomic E-state index is 0.00688. The highest BCUT2D eigenvalue weighted by Crippen LogP contribution is 2.48. The molecule has 0 spiro atoms. The summed E-state index contributed by atoms with van der Waals surface area (Å²) < 4.78 is 0. The van der Waals surface area contributed by atoms with Crippen LogP contribution in [0, 0.1) is 5.92 Å². The third-order valence-electron chi connectivity index (χ3n) is 4.78. The number of thioether (sulfide) groups is 1. The summed E-state index contributed by atoms with van der Waals surface area (Å²) >= 11 is 7.63. The molecule has 1 heterocycles. The van der Waals surface area contributed by atoms with Crippen LogP contribution in [0.25, 0.3) is 0 Å². The predicted octanol–water partition coefficient (Wildman–Crippen LogP) is 4.31. The Balaban J connectivity index is 1.87. The Morgan fingerprint density at radius 3 is 2.41 bits per heavy atom. The van der Waals surface area contributed by atoms with E-state index in [1.807, 2.05) is 12.1 Å². The third-order valence-corrected chi connectivity index (χ3v) is 6.61. The van der Waals surface area contributed by atoms with Gasteiger partial charge in [-0.25, -0.2) is 0 Å². The molecular formula is C17H21ClN2OS. The van der Waals surface area contributed by atoms with E-state index >= 15 is 0 Å². The second-order valence-corrected chi connectivity index (χ2v) is 8.01. The van der Waals surface area contributed by atoms with E-state index in [2.05, 4.69) is 42.9 Å². The normalized spacial score (nSPS) is 23.4. The predicted molar refractivity (Wildman–Crippen MR) is 93.4 cm³/mol. The van der Waals surface area contributed by atoms with Crippen LogP contribution in [0.1, 0.15) is 38.7 Å². The van der Waals surface area contributed by atoms with Crippen molar-refractivity contribution in [1.82, 2.24) is 4.90 Å². The maximum Gasteiger partial charge on any atom is 0.261 e. The highest BCUT2D eigenvalue weighted by molar-refractivity contribution is 8.15. The Hall–Kier alpha value is -1.00. The maximum atomic E-state index is 12.1. The molecule has 3 rings (SSSR count). The second kappa shape index (κ2) is 5.89. The number of hydrogen-bond donors (Lipinski definition) is 0. The molecule has 0 radical (unpaired) electrons. The molecule has 1 saturated carbocycles. The number of amidine groups is 1. The van der Waals surface area contributed by atoms with Crippen LogP contribution in [0.4, 0.5) is 0 Å². The van der Waals surface area contributed by atoms with E-state index < -0.39 is 0 Å². The lowest BCUT2D eigenvalue weighted by atomic mass is 9.71. The van der Waals surface area contributed by atoms with Gasteiger partial charge < -0.3 is 4.90 Å². The molecule has 1 aromatic carbocycles. The minimum Gasteiger partial charge on any atom is -0.344 e. The molecule has 2 aliphatic rings. The molecule has 0 aromatic heterocycles. The number of aliphatic imine (C=N–C) groups is 1. The maximum absolute atomic E-state index is 12.1. The molecule has 1 unspecified atom stereocenters. The van der Waals surface area contributed by atoms with E-state index in [9.17, 15) is 4.79 Å². The second-order valence-electron chi connectivity index (χ2n) is 6.47. The lowest BCUT2D eigenvalue weighted by Crippen LogP contribution is -2.50. The fourth-order valence-electron chi connectivity index (χ4n) is 3.20. The zero-order valence-electron chi connectivity index (χ0n) is 13.2. The van der Waals surface area contributed by atoms with E-state index in [0.717, 1.165) is 23.0 Å². The zero-order valence-corrected chi connectivity index (χ0v) is 14.7. The SMILES string of the molecule is CC(C)C1SC(N(C)C2(c3ccc(Cl)cc3)CCC2)=NC1=O. The van der Waals surface area contributed by atoms with E-state index in [1.165, 1.54) is 12.0 Å². The number of carbonyl (C=O) groups excluding carboxylic acids is 1. The van der Waals surface area contributed by atoms with Crippen LogP contribution in [0.3, 0.4) is 0 Å². The van der Waals surface area contributed by atoms with E-state index in [0.29, 0.717) is 5.92 Å². The van der Waals surface area contributed by atoms with Gasteiger partial charge in [-0.05, 0) is 42.9 Å². The summed E-state index contributed by atoms with van der Waals surface area (Å²) in [5.41, 5.74) is 1.22. The largest absolute Gasteiger partial charge is 0.344 e. The molecule has 118 valence electrons. The van der Waals surface area contributed by atoms with Crippen LogP contribution < -0.4 is 0 Å². The van der Waals surface area contributed by atoms with Gasteiger partial charge in [0.1, 0.15) is 0 Å². The highest BCUT2D eigenvalue weighted by atomic mass is 35.5. The van der Waals surface area contributed by atoms with Gasteiger partial charge in [-0.15, -0.1) is 0 Å². The van der Waals surface area contributed by atoms with Crippen LogP contribution in [0.2, 0.25) is 5.02 Å². The number of carbonyl (C=O) groups is 1. The van der Waals surface area contributed by atoms with Crippen molar-refractivity contribution in [2.75, 3.05) is 7.05 Å². The average Bonchev–Trinajstić information content (AvgIpc) is 2.82. The standard InChI is InChI=1S/C17H21ClN2OS/c1-11(2)14-15(21)19-16(22-14)20(3)17(9-4-10-17)12-5-7-13(18)8-6-12/h5-8,11,14H,4,9-10H2,1-3H3. The number of hydrogen-bond acceptors (Lipinski definition) is 3. The van der Waals surface area contributed by atoms with Gasteiger partial charge in [-0.1, -0.05) is 49.3 Å². The topological polar surface area (TPSA) is 32.7 Å². The summed E-state index contributed by atoms with van der Waals surface area (Å²) in [7, 11) is 2.07. The molecule has 1 amide bonds. The number of benzene rings is 1. The Morgan fingerprint density at radius 2 is 1.95 bits per heavy atom. The molecule has 0 saturated heterocycles. The molecule has 0 bridgehead atoms.